The summed E-state index contributed by atoms with van der Waals surface area (Å²) >= 11 is 0. The van der Waals surface area contributed by atoms with Gasteiger partial charge >= 0.3 is 0 Å². The van der Waals surface area contributed by atoms with Crippen LogP contribution in [-0.2, 0) is 13.5 Å². The van der Waals surface area contributed by atoms with Gasteiger partial charge in [0.25, 0.3) is 0 Å². The molecule has 1 heterocycles. The minimum atomic E-state index is 0.305. The lowest BCUT2D eigenvalue weighted by molar-refractivity contribution is 0.567. The van der Waals surface area contributed by atoms with Crippen LogP contribution in [0.25, 0.3) is 0 Å². The van der Waals surface area contributed by atoms with Crippen LogP contribution >= 0.6 is 0 Å². The molecule has 0 aromatic carbocycles. The topological polar surface area (TPSA) is 55.9 Å². The van der Waals surface area contributed by atoms with Crippen molar-refractivity contribution in [1.82, 2.24) is 15.2 Å². The number of hydrogen-bond acceptors (Lipinski definition) is 3. The molecule has 4 heteroatoms. The quantitative estimate of drug-likeness (QED) is 0.469. The van der Waals surface area contributed by atoms with Crippen molar-refractivity contribution in [1.29, 1.82) is 0 Å². The van der Waals surface area contributed by atoms with Gasteiger partial charge in [-0.3, -0.25) is 16.0 Å². The van der Waals surface area contributed by atoms with Crippen LogP contribution in [0.5, 0.6) is 0 Å². The smallest absolute Gasteiger partial charge is 0.0522 e. The van der Waals surface area contributed by atoms with E-state index in [1.54, 1.807) is 4.68 Å². The monoisotopic (exact) mass is 154 g/mol. The van der Waals surface area contributed by atoms with Crippen LogP contribution in [0.2, 0.25) is 0 Å². The zero-order valence-corrected chi connectivity index (χ0v) is 6.91. The largest absolute Gasteiger partial charge is 0.276 e. The fourth-order valence-electron chi connectivity index (χ4n) is 0.990. The van der Waals surface area contributed by atoms with E-state index >= 15 is 0 Å². The highest BCUT2D eigenvalue weighted by atomic mass is 15.2. The molecule has 0 aliphatic rings. The molecule has 11 heavy (non-hydrogen) atoms. The van der Waals surface area contributed by atoms with Crippen molar-refractivity contribution in [2.45, 2.75) is 19.4 Å². The van der Waals surface area contributed by atoms with Gasteiger partial charge in [-0.2, -0.15) is 5.10 Å². The Morgan fingerprint density at radius 3 is 3.00 bits per heavy atom. The zero-order valence-electron chi connectivity index (χ0n) is 6.91. The van der Waals surface area contributed by atoms with E-state index in [2.05, 4.69) is 10.5 Å². The zero-order chi connectivity index (χ0) is 8.27. The molecule has 0 aliphatic heterocycles. The summed E-state index contributed by atoms with van der Waals surface area (Å²) in [6, 6.07) is 0.305. The van der Waals surface area contributed by atoms with Crippen molar-refractivity contribution < 1.29 is 0 Å². The van der Waals surface area contributed by atoms with E-state index in [4.69, 9.17) is 5.84 Å². The third-order valence-corrected chi connectivity index (χ3v) is 1.58. The second-order valence-corrected chi connectivity index (χ2v) is 2.79. The first-order valence-electron chi connectivity index (χ1n) is 3.66. The van der Waals surface area contributed by atoms with Gasteiger partial charge in [-0.1, -0.05) is 0 Å². The van der Waals surface area contributed by atoms with E-state index in [-0.39, 0.29) is 0 Å². The molecular formula is C7H14N4. The Morgan fingerprint density at radius 1 is 1.82 bits per heavy atom. The van der Waals surface area contributed by atoms with E-state index < -0.39 is 0 Å². The average molecular weight is 154 g/mol. The molecule has 0 radical (unpaired) electrons. The number of rotatable bonds is 3. The first kappa shape index (κ1) is 8.23. The number of aryl methyl sites for hydroxylation is 1. The van der Waals surface area contributed by atoms with Crippen molar-refractivity contribution in [2.24, 2.45) is 12.9 Å². The molecule has 0 spiro atoms. The second kappa shape index (κ2) is 3.50. The number of hydrogen-bond donors (Lipinski definition) is 2. The fourth-order valence-corrected chi connectivity index (χ4v) is 0.990. The van der Waals surface area contributed by atoms with Gasteiger partial charge in [0, 0.05) is 19.3 Å². The molecule has 1 atom stereocenters. The number of aromatic nitrogens is 2. The third kappa shape index (κ3) is 2.32. The van der Waals surface area contributed by atoms with E-state index in [9.17, 15) is 0 Å². The lowest BCUT2D eigenvalue weighted by Gasteiger charge is -2.06. The maximum atomic E-state index is 5.25. The molecule has 1 rings (SSSR count). The van der Waals surface area contributed by atoms with Crippen LogP contribution in [0.15, 0.2) is 12.4 Å². The minimum absolute atomic E-state index is 0.305. The Kier molecular flexibility index (Phi) is 2.62. The molecule has 0 saturated heterocycles. The first-order chi connectivity index (χ1) is 5.22. The van der Waals surface area contributed by atoms with Gasteiger partial charge in [-0.15, -0.1) is 0 Å². The van der Waals surface area contributed by atoms with E-state index in [1.807, 2.05) is 26.4 Å². The van der Waals surface area contributed by atoms with E-state index in [0.29, 0.717) is 6.04 Å². The highest BCUT2D eigenvalue weighted by Crippen LogP contribution is 1.99. The van der Waals surface area contributed by atoms with Gasteiger partial charge in [0.15, 0.2) is 0 Å². The number of hydrazine groups is 1. The molecular weight excluding hydrogens is 140 g/mol. The van der Waals surface area contributed by atoms with Gasteiger partial charge in [0.2, 0.25) is 0 Å². The van der Waals surface area contributed by atoms with Crippen LogP contribution in [0.1, 0.15) is 12.5 Å². The molecule has 0 fully saturated rings. The first-order valence-corrected chi connectivity index (χ1v) is 3.66. The molecule has 0 bridgehead atoms. The second-order valence-electron chi connectivity index (χ2n) is 2.79. The Hall–Kier alpha value is -0.870. The van der Waals surface area contributed by atoms with Crippen LogP contribution in [0.4, 0.5) is 0 Å². The normalized spacial score (nSPS) is 13.4. The molecule has 1 aromatic rings. The van der Waals surface area contributed by atoms with Gasteiger partial charge in [-0.25, -0.2) is 0 Å². The summed E-state index contributed by atoms with van der Waals surface area (Å²) < 4.78 is 1.79. The summed E-state index contributed by atoms with van der Waals surface area (Å²) in [6.45, 7) is 2.03. The van der Waals surface area contributed by atoms with Crippen molar-refractivity contribution in [3.8, 4) is 0 Å². The van der Waals surface area contributed by atoms with Crippen LogP contribution in [0, 0.1) is 0 Å². The molecule has 62 valence electrons. The SMILES string of the molecule is CC(Cc1cnn(C)c1)NN. The van der Waals surface area contributed by atoms with E-state index in [1.165, 1.54) is 5.56 Å². The average Bonchev–Trinajstić information content (AvgIpc) is 2.35. The third-order valence-electron chi connectivity index (χ3n) is 1.58. The van der Waals surface area contributed by atoms with Crippen molar-refractivity contribution >= 4 is 0 Å². The molecule has 0 aliphatic carbocycles. The molecule has 1 aromatic heterocycles. The molecule has 0 amide bonds. The van der Waals surface area contributed by atoms with E-state index in [0.717, 1.165) is 6.42 Å². The Balaban J connectivity index is 2.50. The lowest BCUT2D eigenvalue weighted by Crippen LogP contribution is -2.33. The van der Waals surface area contributed by atoms with Crippen LogP contribution in [-0.4, -0.2) is 15.8 Å². The summed E-state index contributed by atoms with van der Waals surface area (Å²) in [5.41, 5.74) is 3.89. The van der Waals surface area contributed by atoms with Gasteiger partial charge in [-0.05, 0) is 18.9 Å². The predicted octanol–water partition coefficient (Wildman–Crippen LogP) is -0.186. The van der Waals surface area contributed by atoms with Crippen LogP contribution < -0.4 is 11.3 Å². The van der Waals surface area contributed by atoms with Crippen LogP contribution in [0.3, 0.4) is 0 Å². The predicted molar refractivity (Wildman–Crippen MR) is 43.7 cm³/mol. The Labute approximate surface area is 66.4 Å². The highest BCUT2D eigenvalue weighted by Gasteiger charge is 2.01. The summed E-state index contributed by atoms with van der Waals surface area (Å²) in [6.07, 6.45) is 4.77. The summed E-state index contributed by atoms with van der Waals surface area (Å²) in [4.78, 5) is 0. The summed E-state index contributed by atoms with van der Waals surface area (Å²) in [5.74, 6) is 5.25. The molecule has 3 N–H and O–H groups in total. The summed E-state index contributed by atoms with van der Waals surface area (Å²) in [7, 11) is 1.91. The van der Waals surface area contributed by atoms with Crippen molar-refractivity contribution in [3.63, 3.8) is 0 Å². The Bertz CT molecular complexity index is 218. The summed E-state index contributed by atoms with van der Waals surface area (Å²) in [5, 5.41) is 4.05. The molecule has 4 nitrogen and oxygen atoms in total. The number of nitrogens with one attached hydrogen (secondary N) is 1. The van der Waals surface area contributed by atoms with Gasteiger partial charge in [0.1, 0.15) is 0 Å². The number of nitrogens with zero attached hydrogens (tertiary/aromatic N) is 2. The van der Waals surface area contributed by atoms with Crippen molar-refractivity contribution in [3.05, 3.63) is 18.0 Å². The van der Waals surface area contributed by atoms with Gasteiger partial charge < -0.3 is 0 Å². The number of nitrogens with two attached hydrogens (primary N) is 1. The minimum Gasteiger partial charge on any atom is -0.276 e. The lowest BCUT2D eigenvalue weighted by atomic mass is 10.1. The fraction of sp³-hybridized carbons (Fsp3) is 0.571. The molecule has 1 unspecified atom stereocenters. The molecule has 0 saturated carbocycles. The van der Waals surface area contributed by atoms with Gasteiger partial charge in [0.05, 0.1) is 6.20 Å². The maximum Gasteiger partial charge on any atom is 0.0522 e. The van der Waals surface area contributed by atoms with Crippen molar-refractivity contribution in [2.75, 3.05) is 0 Å². The highest BCUT2D eigenvalue weighted by molar-refractivity contribution is 5.05. The standard InChI is InChI=1S/C7H14N4/c1-6(10-8)3-7-4-9-11(2)5-7/h4-6,10H,3,8H2,1-2H3. The Morgan fingerprint density at radius 2 is 2.55 bits per heavy atom. The maximum absolute atomic E-state index is 5.25.